The highest BCUT2D eigenvalue weighted by molar-refractivity contribution is 5.52. The van der Waals surface area contributed by atoms with Crippen LogP contribution in [0.25, 0.3) is 0 Å². The summed E-state index contributed by atoms with van der Waals surface area (Å²) in [5.74, 6) is 1.74. The van der Waals surface area contributed by atoms with Crippen LogP contribution in [0, 0.1) is 0 Å². The second-order valence-corrected chi connectivity index (χ2v) is 5.32. The SMILES string of the molecule is OCC1CCCCN1c1cc(N2CC(O)C2)ncn1. The Hall–Kier alpha value is -1.40. The van der Waals surface area contributed by atoms with E-state index >= 15 is 0 Å². The molecule has 2 fully saturated rings. The molecule has 1 atom stereocenters. The number of rotatable bonds is 3. The lowest BCUT2D eigenvalue weighted by Crippen LogP contribution is -2.51. The van der Waals surface area contributed by atoms with E-state index in [1.165, 1.54) is 0 Å². The van der Waals surface area contributed by atoms with E-state index in [0.29, 0.717) is 13.1 Å². The number of hydrogen-bond donors (Lipinski definition) is 2. The first kappa shape index (κ1) is 12.6. The van der Waals surface area contributed by atoms with Gasteiger partial charge in [-0.25, -0.2) is 9.97 Å². The summed E-state index contributed by atoms with van der Waals surface area (Å²) in [7, 11) is 0. The van der Waals surface area contributed by atoms with Gasteiger partial charge < -0.3 is 20.0 Å². The van der Waals surface area contributed by atoms with Crippen LogP contribution < -0.4 is 9.80 Å². The summed E-state index contributed by atoms with van der Waals surface area (Å²) in [6.45, 7) is 2.38. The summed E-state index contributed by atoms with van der Waals surface area (Å²) in [5, 5.41) is 18.8. The van der Waals surface area contributed by atoms with Gasteiger partial charge in [-0.15, -0.1) is 0 Å². The maximum Gasteiger partial charge on any atom is 0.134 e. The standard InChI is InChI=1S/C13H20N4O2/c18-8-10-3-1-2-4-17(10)13-5-12(14-9-15-13)16-6-11(19)7-16/h5,9-11,18-19H,1-4,6-8H2. The summed E-state index contributed by atoms with van der Waals surface area (Å²) in [6.07, 6.45) is 4.64. The van der Waals surface area contributed by atoms with Gasteiger partial charge in [0.25, 0.3) is 0 Å². The minimum Gasteiger partial charge on any atom is -0.394 e. The van der Waals surface area contributed by atoms with Gasteiger partial charge in [-0.05, 0) is 19.3 Å². The number of aromatic nitrogens is 2. The molecule has 0 aliphatic carbocycles. The molecule has 6 nitrogen and oxygen atoms in total. The molecule has 0 spiro atoms. The Bertz CT molecular complexity index is 436. The van der Waals surface area contributed by atoms with Crippen LogP contribution in [-0.2, 0) is 0 Å². The minimum absolute atomic E-state index is 0.165. The fourth-order valence-corrected chi connectivity index (χ4v) is 2.80. The van der Waals surface area contributed by atoms with E-state index in [-0.39, 0.29) is 18.8 Å². The van der Waals surface area contributed by atoms with E-state index in [1.807, 2.05) is 11.0 Å². The second-order valence-electron chi connectivity index (χ2n) is 5.32. The summed E-state index contributed by atoms with van der Waals surface area (Å²) in [5.41, 5.74) is 0. The molecule has 3 rings (SSSR count). The third-order valence-electron chi connectivity index (χ3n) is 3.96. The molecule has 1 aromatic rings. The zero-order valence-corrected chi connectivity index (χ0v) is 10.9. The van der Waals surface area contributed by atoms with Crippen molar-refractivity contribution in [3.63, 3.8) is 0 Å². The molecule has 2 aliphatic rings. The normalized spacial score (nSPS) is 24.4. The minimum atomic E-state index is -0.237. The Morgan fingerprint density at radius 1 is 1.21 bits per heavy atom. The van der Waals surface area contributed by atoms with Crippen LogP contribution in [0.5, 0.6) is 0 Å². The molecule has 19 heavy (non-hydrogen) atoms. The molecule has 0 saturated carbocycles. The molecule has 0 bridgehead atoms. The topological polar surface area (TPSA) is 72.7 Å². The molecule has 2 saturated heterocycles. The number of aliphatic hydroxyl groups excluding tert-OH is 2. The highest BCUT2D eigenvalue weighted by Crippen LogP contribution is 2.26. The Morgan fingerprint density at radius 3 is 2.74 bits per heavy atom. The summed E-state index contributed by atoms with van der Waals surface area (Å²) in [6, 6.07) is 2.12. The van der Waals surface area contributed by atoms with Crippen molar-refractivity contribution in [3.05, 3.63) is 12.4 Å². The first-order valence-electron chi connectivity index (χ1n) is 6.90. The lowest BCUT2D eigenvalue weighted by atomic mass is 10.0. The van der Waals surface area contributed by atoms with E-state index in [9.17, 15) is 10.2 Å². The highest BCUT2D eigenvalue weighted by atomic mass is 16.3. The number of anilines is 2. The predicted molar refractivity (Wildman–Crippen MR) is 72.3 cm³/mol. The van der Waals surface area contributed by atoms with Gasteiger partial charge in [0.05, 0.1) is 18.8 Å². The largest absolute Gasteiger partial charge is 0.394 e. The second kappa shape index (κ2) is 5.30. The molecule has 1 aromatic heterocycles. The maximum absolute atomic E-state index is 9.46. The Balaban J connectivity index is 1.78. The average molecular weight is 264 g/mol. The van der Waals surface area contributed by atoms with Gasteiger partial charge in [0.2, 0.25) is 0 Å². The van der Waals surface area contributed by atoms with Crippen molar-refractivity contribution in [2.75, 3.05) is 36.0 Å². The molecule has 1 unspecified atom stereocenters. The third-order valence-corrected chi connectivity index (χ3v) is 3.96. The van der Waals surface area contributed by atoms with Crippen LogP contribution >= 0.6 is 0 Å². The van der Waals surface area contributed by atoms with Crippen LogP contribution in [0.2, 0.25) is 0 Å². The number of aliphatic hydroxyl groups is 2. The Morgan fingerprint density at radius 2 is 2.00 bits per heavy atom. The third kappa shape index (κ3) is 2.50. The fraction of sp³-hybridized carbons (Fsp3) is 0.692. The van der Waals surface area contributed by atoms with Crippen molar-refractivity contribution in [1.82, 2.24) is 9.97 Å². The van der Waals surface area contributed by atoms with E-state index in [4.69, 9.17) is 0 Å². The van der Waals surface area contributed by atoms with Crippen molar-refractivity contribution >= 4 is 11.6 Å². The molecule has 104 valence electrons. The zero-order chi connectivity index (χ0) is 13.2. The van der Waals surface area contributed by atoms with Gasteiger partial charge in [0.1, 0.15) is 18.0 Å². The van der Waals surface area contributed by atoms with Crippen molar-refractivity contribution in [1.29, 1.82) is 0 Å². The first-order valence-corrected chi connectivity index (χ1v) is 6.90. The molecule has 2 N–H and O–H groups in total. The van der Waals surface area contributed by atoms with Crippen molar-refractivity contribution in [2.45, 2.75) is 31.4 Å². The molecule has 3 heterocycles. The van der Waals surface area contributed by atoms with Gasteiger partial charge >= 0.3 is 0 Å². The zero-order valence-electron chi connectivity index (χ0n) is 10.9. The van der Waals surface area contributed by atoms with Gasteiger partial charge in [-0.1, -0.05) is 0 Å². The van der Waals surface area contributed by atoms with Gasteiger partial charge in [0, 0.05) is 25.7 Å². The van der Waals surface area contributed by atoms with Crippen LogP contribution in [-0.4, -0.2) is 58.6 Å². The van der Waals surface area contributed by atoms with Crippen LogP contribution in [0.1, 0.15) is 19.3 Å². The summed E-state index contributed by atoms with van der Waals surface area (Å²) >= 11 is 0. The molecule has 0 amide bonds. The highest BCUT2D eigenvalue weighted by Gasteiger charge is 2.27. The maximum atomic E-state index is 9.46. The van der Waals surface area contributed by atoms with Gasteiger partial charge in [0.15, 0.2) is 0 Å². The fourth-order valence-electron chi connectivity index (χ4n) is 2.80. The van der Waals surface area contributed by atoms with Crippen LogP contribution in [0.4, 0.5) is 11.6 Å². The average Bonchev–Trinajstić information content (AvgIpc) is 2.44. The number of hydrogen-bond acceptors (Lipinski definition) is 6. The molecule has 2 aliphatic heterocycles. The summed E-state index contributed by atoms with van der Waals surface area (Å²) < 4.78 is 0. The van der Waals surface area contributed by atoms with E-state index in [0.717, 1.165) is 37.4 Å². The molecule has 0 aromatic carbocycles. The Labute approximate surface area is 112 Å². The van der Waals surface area contributed by atoms with Gasteiger partial charge in [-0.3, -0.25) is 0 Å². The van der Waals surface area contributed by atoms with Gasteiger partial charge in [-0.2, -0.15) is 0 Å². The molecule has 0 radical (unpaired) electrons. The molecular formula is C13H20N4O2. The van der Waals surface area contributed by atoms with E-state index < -0.39 is 0 Å². The smallest absolute Gasteiger partial charge is 0.134 e. The molecule has 6 heteroatoms. The number of β-amino-alcohol motifs (C(OH)–C–C–N with tert-alkyl or cyclic N) is 1. The lowest BCUT2D eigenvalue weighted by Gasteiger charge is -2.38. The summed E-state index contributed by atoms with van der Waals surface area (Å²) in [4.78, 5) is 12.8. The Kier molecular flexibility index (Phi) is 3.52. The van der Waals surface area contributed by atoms with Crippen molar-refractivity contribution < 1.29 is 10.2 Å². The number of piperidine rings is 1. The molecular weight excluding hydrogens is 244 g/mol. The van der Waals surface area contributed by atoms with Crippen LogP contribution in [0.15, 0.2) is 12.4 Å². The monoisotopic (exact) mass is 264 g/mol. The quantitative estimate of drug-likeness (QED) is 0.801. The first-order chi connectivity index (χ1) is 9.28. The lowest BCUT2D eigenvalue weighted by molar-refractivity contribution is 0.141. The van der Waals surface area contributed by atoms with E-state index in [2.05, 4.69) is 14.9 Å². The number of nitrogens with zero attached hydrogens (tertiary/aromatic N) is 4. The van der Waals surface area contributed by atoms with Crippen molar-refractivity contribution in [2.24, 2.45) is 0 Å². The van der Waals surface area contributed by atoms with Crippen molar-refractivity contribution in [3.8, 4) is 0 Å². The predicted octanol–water partition coefficient (Wildman–Crippen LogP) is 0.00870. The van der Waals surface area contributed by atoms with Crippen LogP contribution in [0.3, 0.4) is 0 Å². The van der Waals surface area contributed by atoms with E-state index in [1.54, 1.807) is 6.33 Å².